The average Bonchev–Trinajstić information content (AvgIpc) is 2.94. The largest absolute Gasteiger partial charge is 0.335 e. The molecule has 120 valence electrons. The maximum Gasteiger partial charge on any atom is 0.234 e. The molecule has 0 saturated carbocycles. The number of anilines is 1. The van der Waals surface area contributed by atoms with Crippen molar-refractivity contribution in [3.63, 3.8) is 0 Å². The molecule has 0 spiro atoms. The van der Waals surface area contributed by atoms with Crippen LogP contribution < -0.4 is 4.31 Å². The molecule has 0 unspecified atom stereocenters. The minimum absolute atomic E-state index is 0.109. The molecule has 0 amide bonds. The van der Waals surface area contributed by atoms with Crippen LogP contribution in [0.2, 0.25) is 0 Å². The smallest absolute Gasteiger partial charge is 0.234 e. The number of sulfonamides is 1. The maximum absolute atomic E-state index is 12.3. The minimum Gasteiger partial charge on any atom is -0.335 e. The number of benzene rings is 1. The molecule has 0 fully saturated rings. The van der Waals surface area contributed by atoms with Gasteiger partial charge >= 0.3 is 0 Å². The van der Waals surface area contributed by atoms with Crippen molar-refractivity contribution in [1.82, 2.24) is 4.57 Å². The van der Waals surface area contributed by atoms with E-state index in [0.717, 1.165) is 35.3 Å². The van der Waals surface area contributed by atoms with Crippen LogP contribution in [0.4, 0.5) is 5.69 Å². The van der Waals surface area contributed by atoms with Gasteiger partial charge in [-0.15, -0.1) is 0 Å². The van der Waals surface area contributed by atoms with E-state index in [-0.39, 0.29) is 5.75 Å². The van der Waals surface area contributed by atoms with Gasteiger partial charge in [-0.2, -0.15) is 5.26 Å². The molecule has 1 aliphatic rings. The van der Waals surface area contributed by atoms with Crippen LogP contribution in [0.15, 0.2) is 30.3 Å². The monoisotopic (exact) mass is 329 g/mol. The fraction of sp³-hybridized carbons (Fsp3) is 0.353. The molecule has 1 aromatic carbocycles. The summed E-state index contributed by atoms with van der Waals surface area (Å²) < 4.78 is 27.9. The first-order valence-electron chi connectivity index (χ1n) is 7.67. The Hall–Kier alpha value is -2.26. The maximum atomic E-state index is 12.3. The van der Waals surface area contributed by atoms with Gasteiger partial charge in [0.05, 0.1) is 11.4 Å². The lowest BCUT2D eigenvalue weighted by molar-refractivity contribution is 0.588. The zero-order valence-electron chi connectivity index (χ0n) is 13.3. The first-order valence-corrected chi connectivity index (χ1v) is 9.28. The lowest BCUT2D eigenvalue weighted by atomic mass is 9.99. The highest BCUT2D eigenvalue weighted by molar-refractivity contribution is 7.92. The van der Waals surface area contributed by atoms with Gasteiger partial charge in [-0.1, -0.05) is 6.07 Å². The predicted octanol–water partition coefficient (Wildman–Crippen LogP) is 2.67. The van der Waals surface area contributed by atoms with Crippen molar-refractivity contribution in [2.75, 3.05) is 16.6 Å². The summed E-state index contributed by atoms with van der Waals surface area (Å²) in [4.78, 5) is 0. The molecule has 5 nitrogen and oxygen atoms in total. The summed E-state index contributed by atoms with van der Waals surface area (Å²) in [5, 5.41) is 9.08. The van der Waals surface area contributed by atoms with Gasteiger partial charge in [0.15, 0.2) is 0 Å². The number of nitrogens with zero attached hydrogens (tertiary/aromatic N) is 3. The molecule has 6 heteroatoms. The van der Waals surface area contributed by atoms with Crippen molar-refractivity contribution in [1.29, 1.82) is 5.26 Å². The van der Waals surface area contributed by atoms with E-state index in [9.17, 15) is 8.42 Å². The fourth-order valence-corrected chi connectivity index (χ4v) is 4.28. The lowest BCUT2D eigenvalue weighted by Gasteiger charge is -2.30. The van der Waals surface area contributed by atoms with Crippen LogP contribution in [-0.4, -0.2) is 25.3 Å². The van der Waals surface area contributed by atoms with E-state index in [4.69, 9.17) is 5.26 Å². The van der Waals surface area contributed by atoms with Crippen LogP contribution in [0.3, 0.4) is 0 Å². The average molecular weight is 329 g/mol. The molecule has 23 heavy (non-hydrogen) atoms. The van der Waals surface area contributed by atoms with E-state index in [1.807, 2.05) is 35.9 Å². The topological polar surface area (TPSA) is 66.1 Å². The van der Waals surface area contributed by atoms with E-state index in [0.29, 0.717) is 12.2 Å². The Morgan fingerprint density at radius 1 is 1.26 bits per heavy atom. The molecule has 0 aliphatic carbocycles. The molecule has 2 heterocycles. The van der Waals surface area contributed by atoms with Gasteiger partial charge in [-0.25, -0.2) is 8.42 Å². The number of aryl methyl sites for hydroxylation is 1. The predicted molar refractivity (Wildman–Crippen MR) is 90.7 cm³/mol. The first-order chi connectivity index (χ1) is 11.0. The van der Waals surface area contributed by atoms with Gasteiger partial charge in [-0.05, 0) is 55.2 Å². The minimum atomic E-state index is -3.24. The third kappa shape index (κ3) is 2.62. The highest BCUT2D eigenvalue weighted by Crippen LogP contribution is 2.33. The SMILES string of the molecule is CCS(=O)(=O)N1CCCc2cc(-c3ccc(C#N)n3C)ccc21. The van der Waals surface area contributed by atoms with Crippen molar-refractivity contribution in [2.24, 2.45) is 7.05 Å². The number of hydrogen-bond acceptors (Lipinski definition) is 3. The summed E-state index contributed by atoms with van der Waals surface area (Å²) in [6, 6.07) is 11.7. The molecule has 2 aromatic rings. The highest BCUT2D eigenvalue weighted by Gasteiger charge is 2.26. The second-order valence-electron chi connectivity index (χ2n) is 5.69. The number of aromatic nitrogens is 1. The molecule has 0 N–H and O–H groups in total. The first kappa shape index (κ1) is 15.6. The van der Waals surface area contributed by atoms with Gasteiger partial charge in [0.25, 0.3) is 0 Å². The third-order valence-electron chi connectivity index (χ3n) is 4.39. The summed E-state index contributed by atoms with van der Waals surface area (Å²) in [7, 11) is -1.37. The van der Waals surface area contributed by atoms with E-state index < -0.39 is 10.0 Å². The third-order valence-corrected chi connectivity index (χ3v) is 6.17. The van der Waals surface area contributed by atoms with Crippen LogP contribution in [0.25, 0.3) is 11.3 Å². The van der Waals surface area contributed by atoms with Gasteiger partial charge in [0.1, 0.15) is 11.8 Å². The Morgan fingerprint density at radius 3 is 2.70 bits per heavy atom. The second-order valence-corrected chi connectivity index (χ2v) is 7.88. The zero-order chi connectivity index (χ0) is 16.6. The Morgan fingerprint density at radius 2 is 2.04 bits per heavy atom. The molecule has 0 saturated heterocycles. The van der Waals surface area contributed by atoms with Crippen LogP contribution in [-0.2, 0) is 23.5 Å². The highest BCUT2D eigenvalue weighted by atomic mass is 32.2. The van der Waals surface area contributed by atoms with Crippen LogP contribution in [0.5, 0.6) is 0 Å². The van der Waals surface area contributed by atoms with E-state index in [1.165, 1.54) is 4.31 Å². The van der Waals surface area contributed by atoms with Gasteiger partial charge in [-0.3, -0.25) is 4.31 Å². The Labute approximate surface area is 136 Å². The van der Waals surface area contributed by atoms with Crippen molar-refractivity contribution < 1.29 is 8.42 Å². The van der Waals surface area contributed by atoms with Crippen LogP contribution in [0, 0.1) is 11.3 Å². The number of nitriles is 1. The molecular weight excluding hydrogens is 310 g/mol. The number of fused-ring (bicyclic) bond motifs is 1. The molecule has 0 radical (unpaired) electrons. The molecule has 1 aliphatic heterocycles. The molecule has 0 bridgehead atoms. The van der Waals surface area contributed by atoms with Crippen molar-refractivity contribution in [3.8, 4) is 17.3 Å². The van der Waals surface area contributed by atoms with Crippen LogP contribution >= 0.6 is 0 Å². The van der Waals surface area contributed by atoms with Crippen LogP contribution in [0.1, 0.15) is 24.6 Å². The Balaban J connectivity index is 2.06. The summed E-state index contributed by atoms with van der Waals surface area (Å²) >= 11 is 0. The fourth-order valence-electron chi connectivity index (χ4n) is 3.08. The van der Waals surface area contributed by atoms with Crippen molar-refractivity contribution >= 4 is 15.7 Å². The van der Waals surface area contributed by atoms with Gasteiger partial charge in [0, 0.05) is 19.3 Å². The standard InChI is InChI=1S/C17H19N3O2S/c1-3-23(21,22)20-10-4-5-13-11-14(6-8-17(13)20)16-9-7-15(12-18)19(16)2/h6-9,11H,3-5,10H2,1-2H3. The summed E-state index contributed by atoms with van der Waals surface area (Å²) in [5.41, 5.74) is 4.40. The number of hydrogen-bond donors (Lipinski definition) is 0. The van der Waals surface area contributed by atoms with Gasteiger partial charge in [0.2, 0.25) is 10.0 Å². The van der Waals surface area contributed by atoms with E-state index in [1.54, 1.807) is 13.0 Å². The summed E-state index contributed by atoms with van der Waals surface area (Å²) in [5.74, 6) is 0.109. The Kier molecular flexibility index (Phi) is 3.90. The normalized spacial score (nSPS) is 14.4. The Bertz CT molecular complexity index is 891. The molecule has 0 atom stereocenters. The van der Waals surface area contributed by atoms with Crippen molar-refractivity contribution in [2.45, 2.75) is 19.8 Å². The van der Waals surface area contributed by atoms with Gasteiger partial charge < -0.3 is 4.57 Å². The van der Waals surface area contributed by atoms with Crippen molar-refractivity contribution in [3.05, 3.63) is 41.6 Å². The molecule has 1 aromatic heterocycles. The molecule has 3 rings (SSSR count). The summed E-state index contributed by atoms with van der Waals surface area (Å²) in [6.45, 7) is 2.22. The molecular formula is C17H19N3O2S. The lowest BCUT2D eigenvalue weighted by Crippen LogP contribution is -2.36. The quantitative estimate of drug-likeness (QED) is 0.869. The number of rotatable bonds is 3. The van der Waals surface area contributed by atoms with E-state index in [2.05, 4.69) is 6.07 Å². The zero-order valence-corrected chi connectivity index (χ0v) is 14.1. The second kappa shape index (κ2) is 5.74. The summed E-state index contributed by atoms with van der Waals surface area (Å²) in [6.07, 6.45) is 1.70. The van der Waals surface area contributed by atoms with E-state index >= 15 is 0 Å².